The molecule has 0 atom stereocenters. The Morgan fingerprint density at radius 2 is 1.86 bits per heavy atom. The first-order valence-corrected chi connectivity index (χ1v) is 10.9. The lowest BCUT2D eigenvalue weighted by atomic mass is 10.1. The molecule has 0 bridgehead atoms. The van der Waals surface area contributed by atoms with Crippen LogP contribution in [0.2, 0.25) is 0 Å². The fourth-order valence-electron chi connectivity index (χ4n) is 3.51. The SMILES string of the molecule is Cc1cc(N2CCCCC2)nc(CNS(=O)(=O)c2cccc3cccnc23)n1. The molecular weight excluding hydrogens is 374 g/mol. The molecule has 3 heterocycles. The van der Waals surface area contributed by atoms with Gasteiger partial charge in [0.25, 0.3) is 0 Å². The Balaban J connectivity index is 1.57. The van der Waals surface area contributed by atoms with Crippen LogP contribution in [0.1, 0.15) is 30.8 Å². The Hall–Kier alpha value is -2.58. The van der Waals surface area contributed by atoms with Crippen LogP contribution in [0.5, 0.6) is 0 Å². The van der Waals surface area contributed by atoms with E-state index in [-0.39, 0.29) is 11.4 Å². The van der Waals surface area contributed by atoms with E-state index in [1.54, 1.807) is 24.4 Å². The van der Waals surface area contributed by atoms with Gasteiger partial charge in [0, 0.05) is 36.4 Å². The molecule has 1 aliphatic heterocycles. The Labute approximate surface area is 164 Å². The number of piperidine rings is 1. The van der Waals surface area contributed by atoms with Crippen LogP contribution in [0.15, 0.2) is 47.5 Å². The van der Waals surface area contributed by atoms with Gasteiger partial charge in [-0.2, -0.15) is 0 Å². The summed E-state index contributed by atoms with van der Waals surface area (Å²) in [7, 11) is -3.74. The van der Waals surface area contributed by atoms with Crippen LogP contribution in [-0.4, -0.2) is 36.5 Å². The van der Waals surface area contributed by atoms with Crippen molar-refractivity contribution in [3.8, 4) is 0 Å². The first-order chi connectivity index (χ1) is 13.5. The second-order valence-corrected chi connectivity index (χ2v) is 8.72. The van der Waals surface area contributed by atoms with Crippen LogP contribution in [-0.2, 0) is 16.6 Å². The molecule has 2 aromatic heterocycles. The molecule has 4 rings (SSSR count). The fraction of sp³-hybridized carbons (Fsp3) is 0.350. The number of sulfonamides is 1. The summed E-state index contributed by atoms with van der Waals surface area (Å²) in [6, 6.07) is 10.7. The molecule has 3 aromatic rings. The number of hydrogen-bond donors (Lipinski definition) is 1. The van der Waals surface area contributed by atoms with E-state index in [0.717, 1.165) is 42.8 Å². The largest absolute Gasteiger partial charge is 0.357 e. The van der Waals surface area contributed by atoms with Crippen molar-refractivity contribution >= 4 is 26.7 Å². The highest BCUT2D eigenvalue weighted by atomic mass is 32.2. The number of hydrogen-bond acceptors (Lipinski definition) is 6. The highest BCUT2D eigenvalue weighted by molar-refractivity contribution is 7.89. The number of rotatable bonds is 5. The number of anilines is 1. The first kappa shape index (κ1) is 18.8. The van der Waals surface area contributed by atoms with E-state index < -0.39 is 10.0 Å². The van der Waals surface area contributed by atoms with Gasteiger partial charge in [0.15, 0.2) is 0 Å². The van der Waals surface area contributed by atoms with E-state index in [9.17, 15) is 8.42 Å². The first-order valence-electron chi connectivity index (χ1n) is 9.46. The summed E-state index contributed by atoms with van der Waals surface area (Å²) >= 11 is 0. The summed E-state index contributed by atoms with van der Waals surface area (Å²) < 4.78 is 28.4. The molecule has 0 saturated carbocycles. The standard InChI is InChI=1S/C20H23N5O2S/c1-15-13-19(25-11-3-2-4-12-25)24-18(23-15)14-22-28(26,27)17-9-5-7-16-8-6-10-21-20(16)17/h5-10,13,22H,2-4,11-12,14H2,1H3. The topological polar surface area (TPSA) is 88.1 Å². The van der Waals surface area contributed by atoms with E-state index >= 15 is 0 Å². The molecular formula is C20H23N5O2S. The zero-order valence-corrected chi connectivity index (χ0v) is 16.6. The minimum atomic E-state index is -3.74. The van der Waals surface area contributed by atoms with Crippen LogP contribution in [0, 0.1) is 6.92 Å². The normalized spacial score (nSPS) is 15.1. The van der Waals surface area contributed by atoms with E-state index in [1.165, 1.54) is 6.42 Å². The quantitative estimate of drug-likeness (QED) is 0.712. The molecule has 8 heteroatoms. The molecule has 1 saturated heterocycles. The van der Waals surface area contributed by atoms with Crippen molar-refractivity contribution in [2.24, 2.45) is 0 Å². The second-order valence-electron chi connectivity index (χ2n) is 6.99. The Morgan fingerprint density at radius 3 is 2.68 bits per heavy atom. The van der Waals surface area contributed by atoms with E-state index in [4.69, 9.17) is 0 Å². The fourth-order valence-corrected chi connectivity index (χ4v) is 4.66. The number of nitrogens with one attached hydrogen (secondary N) is 1. The van der Waals surface area contributed by atoms with Crippen LogP contribution < -0.4 is 9.62 Å². The molecule has 0 aliphatic carbocycles. The number of aromatic nitrogens is 3. The molecule has 1 N–H and O–H groups in total. The zero-order valence-electron chi connectivity index (χ0n) is 15.8. The van der Waals surface area contributed by atoms with Crippen molar-refractivity contribution in [3.05, 3.63) is 54.1 Å². The third-order valence-corrected chi connectivity index (χ3v) is 6.31. The minimum absolute atomic E-state index is 0.0358. The predicted molar refractivity (Wildman–Crippen MR) is 109 cm³/mol. The van der Waals surface area contributed by atoms with Crippen molar-refractivity contribution in [2.45, 2.75) is 37.6 Å². The molecule has 146 valence electrons. The summed E-state index contributed by atoms with van der Waals surface area (Å²) in [4.78, 5) is 15.6. The van der Waals surface area contributed by atoms with E-state index in [0.29, 0.717) is 11.3 Å². The number of fused-ring (bicyclic) bond motifs is 1. The highest BCUT2D eigenvalue weighted by Crippen LogP contribution is 2.21. The molecule has 0 amide bonds. The maximum absolute atomic E-state index is 12.9. The molecule has 7 nitrogen and oxygen atoms in total. The van der Waals surface area contributed by atoms with Gasteiger partial charge in [0.05, 0.1) is 12.1 Å². The highest BCUT2D eigenvalue weighted by Gasteiger charge is 2.19. The predicted octanol–water partition coefficient (Wildman–Crippen LogP) is 2.80. The van der Waals surface area contributed by atoms with Crippen molar-refractivity contribution in [2.75, 3.05) is 18.0 Å². The summed E-state index contributed by atoms with van der Waals surface area (Å²) in [5, 5.41) is 0.782. The Bertz CT molecular complexity index is 1090. The minimum Gasteiger partial charge on any atom is -0.357 e. The average Bonchev–Trinajstić information content (AvgIpc) is 2.72. The van der Waals surface area contributed by atoms with Gasteiger partial charge in [-0.1, -0.05) is 18.2 Å². The van der Waals surface area contributed by atoms with Crippen LogP contribution in [0.25, 0.3) is 10.9 Å². The van der Waals surface area contributed by atoms with Crippen molar-refractivity contribution < 1.29 is 8.42 Å². The van der Waals surface area contributed by atoms with Crippen LogP contribution >= 0.6 is 0 Å². The lowest BCUT2D eigenvalue weighted by Crippen LogP contribution is -2.31. The second kappa shape index (κ2) is 7.81. The van der Waals surface area contributed by atoms with Gasteiger partial charge in [0.2, 0.25) is 10.0 Å². The Kier molecular flexibility index (Phi) is 5.23. The molecule has 1 fully saturated rings. The van der Waals surface area contributed by atoms with Gasteiger partial charge in [-0.3, -0.25) is 4.98 Å². The summed E-state index contributed by atoms with van der Waals surface area (Å²) in [5.41, 5.74) is 1.29. The van der Waals surface area contributed by atoms with Crippen LogP contribution in [0.3, 0.4) is 0 Å². The molecule has 1 aliphatic rings. The smallest absolute Gasteiger partial charge is 0.243 e. The van der Waals surface area contributed by atoms with Gasteiger partial charge in [-0.25, -0.2) is 23.1 Å². The lowest BCUT2D eigenvalue weighted by molar-refractivity contribution is 0.569. The van der Waals surface area contributed by atoms with Crippen LogP contribution in [0.4, 0.5) is 5.82 Å². The van der Waals surface area contributed by atoms with E-state index in [2.05, 4.69) is 24.6 Å². The number of benzene rings is 1. The van der Waals surface area contributed by atoms with Crippen molar-refractivity contribution in [1.29, 1.82) is 0 Å². The molecule has 0 spiro atoms. The maximum atomic E-state index is 12.9. The number of pyridine rings is 1. The van der Waals surface area contributed by atoms with Gasteiger partial charge in [0.1, 0.15) is 16.5 Å². The zero-order chi connectivity index (χ0) is 19.6. The van der Waals surface area contributed by atoms with Crippen molar-refractivity contribution in [1.82, 2.24) is 19.7 Å². The molecule has 1 aromatic carbocycles. The Morgan fingerprint density at radius 1 is 1.07 bits per heavy atom. The van der Waals surface area contributed by atoms with Gasteiger partial charge < -0.3 is 4.90 Å². The molecule has 0 radical (unpaired) electrons. The third-order valence-electron chi connectivity index (χ3n) is 4.87. The molecule has 28 heavy (non-hydrogen) atoms. The van der Waals surface area contributed by atoms with Gasteiger partial charge in [-0.05, 0) is 38.3 Å². The number of para-hydroxylation sites is 1. The average molecular weight is 398 g/mol. The van der Waals surface area contributed by atoms with Gasteiger partial charge in [-0.15, -0.1) is 0 Å². The third kappa shape index (κ3) is 3.98. The number of aryl methyl sites for hydroxylation is 1. The number of nitrogens with zero attached hydrogens (tertiary/aromatic N) is 4. The monoisotopic (exact) mass is 397 g/mol. The summed E-state index contributed by atoms with van der Waals surface area (Å²) in [6.45, 7) is 3.89. The molecule has 0 unspecified atom stereocenters. The summed E-state index contributed by atoms with van der Waals surface area (Å²) in [6.07, 6.45) is 5.14. The van der Waals surface area contributed by atoms with Crippen molar-refractivity contribution in [3.63, 3.8) is 0 Å². The van der Waals surface area contributed by atoms with E-state index in [1.807, 2.05) is 25.1 Å². The lowest BCUT2D eigenvalue weighted by Gasteiger charge is -2.28. The maximum Gasteiger partial charge on any atom is 0.243 e. The summed E-state index contributed by atoms with van der Waals surface area (Å²) in [5.74, 6) is 1.34. The van der Waals surface area contributed by atoms with Gasteiger partial charge >= 0.3 is 0 Å².